The minimum absolute atomic E-state index is 0.0548. The summed E-state index contributed by atoms with van der Waals surface area (Å²) in [7, 11) is 1.08. The molecule has 0 aliphatic rings. The summed E-state index contributed by atoms with van der Waals surface area (Å²) in [4.78, 5) is 49.4. The first-order chi connectivity index (χ1) is 24.4. The number of rotatable bonds is 35. The normalized spacial score (nSPS) is 14.0. The molecule has 0 aromatic rings. The predicted molar refractivity (Wildman–Crippen MR) is 204 cm³/mol. The average Bonchev–Trinajstić information content (AvgIpc) is 3.06. The molecule has 0 aliphatic carbocycles. The monoisotopic (exact) mass is 741 g/mol. The lowest BCUT2D eigenvalue weighted by Crippen LogP contribution is -2.37. The van der Waals surface area contributed by atoms with E-state index < -0.39 is 32.5 Å². The molecule has 0 rings (SSSR count). The Morgan fingerprint density at radius 1 is 0.647 bits per heavy atom. The SMILES string of the molecule is CCCC/C=C\CCCCCCCC(=O)OC[C@H](COP(=O)([O-])OCC[N+](C)(C)C)OC(=O)CCCCCCCC(=O)/C=C/C=C\CCCCC. The second-order valence-electron chi connectivity index (χ2n) is 14.3. The zero-order chi connectivity index (χ0) is 38.1. The van der Waals surface area contributed by atoms with Crippen molar-refractivity contribution in [3.63, 3.8) is 0 Å². The van der Waals surface area contributed by atoms with Crippen LogP contribution in [0.4, 0.5) is 0 Å². The number of ether oxygens (including phenoxy) is 2. The van der Waals surface area contributed by atoms with Gasteiger partial charge < -0.3 is 27.9 Å². The minimum Gasteiger partial charge on any atom is -0.756 e. The molecule has 0 aromatic heterocycles. The zero-order valence-electron chi connectivity index (χ0n) is 32.8. The number of allylic oxidation sites excluding steroid dienone is 6. The molecule has 0 fully saturated rings. The first kappa shape index (κ1) is 48.9. The number of quaternary nitrogens is 1. The van der Waals surface area contributed by atoms with Crippen molar-refractivity contribution in [1.29, 1.82) is 0 Å². The highest BCUT2D eigenvalue weighted by atomic mass is 31.2. The molecule has 0 saturated heterocycles. The van der Waals surface area contributed by atoms with Gasteiger partial charge in [-0.2, -0.15) is 0 Å². The van der Waals surface area contributed by atoms with E-state index in [0.717, 1.165) is 70.6 Å². The van der Waals surface area contributed by atoms with E-state index in [0.29, 0.717) is 30.3 Å². The molecule has 2 atom stereocenters. The molecule has 0 bridgehead atoms. The number of ketones is 1. The van der Waals surface area contributed by atoms with Crippen LogP contribution in [0.1, 0.15) is 149 Å². The minimum atomic E-state index is -4.65. The van der Waals surface area contributed by atoms with Crippen molar-refractivity contribution in [3.05, 3.63) is 36.5 Å². The van der Waals surface area contributed by atoms with E-state index in [1.807, 2.05) is 33.3 Å². The van der Waals surface area contributed by atoms with Crippen molar-refractivity contribution in [2.45, 2.75) is 155 Å². The smallest absolute Gasteiger partial charge is 0.306 e. The van der Waals surface area contributed by atoms with Gasteiger partial charge >= 0.3 is 11.9 Å². The maximum absolute atomic E-state index is 12.6. The lowest BCUT2D eigenvalue weighted by atomic mass is 10.1. The Bertz CT molecular complexity index is 1040. The number of phosphoric ester groups is 1. The number of carbonyl (C=O) groups is 3. The Hall–Kier alpha value is -2.10. The van der Waals surface area contributed by atoms with Crippen molar-refractivity contribution in [2.75, 3.05) is 47.5 Å². The van der Waals surface area contributed by atoms with Gasteiger partial charge in [0.25, 0.3) is 7.82 Å². The van der Waals surface area contributed by atoms with Crippen molar-refractivity contribution >= 4 is 25.5 Å². The molecule has 0 aliphatic heterocycles. The molecule has 0 heterocycles. The molecule has 296 valence electrons. The second kappa shape index (κ2) is 32.5. The van der Waals surface area contributed by atoms with Crippen LogP contribution < -0.4 is 4.89 Å². The first-order valence-corrected chi connectivity index (χ1v) is 21.1. The molecule has 0 aromatic carbocycles. The lowest BCUT2D eigenvalue weighted by molar-refractivity contribution is -0.870. The Labute approximate surface area is 310 Å². The fourth-order valence-corrected chi connectivity index (χ4v) is 5.64. The average molecular weight is 742 g/mol. The molecule has 0 N–H and O–H groups in total. The molecule has 51 heavy (non-hydrogen) atoms. The summed E-state index contributed by atoms with van der Waals surface area (Å²) < 4.78 is 33.6. The summed E-state index contributed by atoms with van der Waals surface area (Å²) in [5.74, 6) is -0.828. The zero-order valence-corrected chi connectivity index (χ0v) is 33.7. The van der Waals surface area contributed by atoms with Gasteiger partial charge in [0.15, 0.2) is 11.9 Å². The Balaban J connectivity index is 4.53. The van der Waals surface area contributed by atoms with Crippen LogP contribution in [0.2, 0.25) is 0 Å². The molecule has 0 amide bonds. The Morgan fingerprint density at radius 2 is 1.20 bits per heavy atom. The van der Waals surface area contributed by atoms with E-state index in [9.17, 15) is 23.8 Å². The topological polar surface area (TPSA) is 128 Å². The van der Waals surface area contributed by atoms with E-state index in [1.165, 1.54) is 32.1 Å². The molecular weight excluding hydrogens is 669 g/mol. The molecule has 0 saturated carbocycles. The van der Waals surface area contributed by atoms with E-state index in [2.05, 4.69) is 32.1 Å². The summed E-state index contributed by atoms with van der Waals surface area (Å²) in [6.07, 6.45) is 29.9. The van der Waals surface area contributed by atoms with Gasteiger partial charge in [-0.25, -0.2) is 0 Å². The van der Waals surface area contributed by atoms with Crippen LogP contribution in [-0.2, 0) is 37.5 Å². The fourth-order valence-electron chi connectivity index (χ4n) is 4.91. The molecule has 10 nitrogen and oxygen atoms in total. The Morgan fingerprint density at radius 3 is 1.84 bits per heavy atom. The summed E-state index contributed by atoms with van der Waals surface area (Å²) in [6, 6.07) is 0. The van der Waals surface area contributed by atoms with Gasteiger partial charge in [0.2, 0.25) is 0 Å². The van der Waals surface area contributed by atoms with Crippen LogP contribution in [0.5, 0.6) is 0 Å². The quantitative estimate of drug-likeness (QED) is 0.0119. The molecule has 1 unspecified atom stereocenters. The highest BCUT2D eigenvalue weighted by Gasteiger charge is 2.21. The molecule has 11 heteroatoms. The van der Waals surface area contributed by atoms with E-state index in [1.54, 1.807) is 6.08 Å². The van der Waals surface area contributed by atoms with Crippen LogP contribution in [0.25, 0.3) is 0 Å². The first-order valence-electron chi connectivity index (χ1n) is 19.6. The summed E-state index contributed by atoms with van der Waals surface area (Å²) >= 11 is 0. The van der Waals surface area contributed by atoms with Crippen LogP contribution in [0.15, 0.2) is 36.5 Å². The number of unbranched alkanes of at least 4 members (excludes halogenated alkanes) is 14. The fraction of sp³-hybridized carbons (Fsp3) is 0.775. The van der Waals surface area contributed by atoms with Crippen molar-refractivity contribution in [1.82, 2.24) is 0 Å². The van der Waals surface area contributed by atoms with Gasteiger partial charge in [0, 0.05) is 19.3 Å². The number of hydrogen-bond donors (Lipinski definition) is 0. The van der Waals surface area contributed by atoms with Crippen LogP contribution >= 0.6 is 7.82 Å². The number of esters is 2. The third-order valence-corrected chi connectivity index (χ3v) is 9.07. The molecular formula is C40H72NO9P. The number of nitrogens with zero attached hydrogens (tertiary/aromatic N) is 1. The number of carbonyl (C=O) groups excluding carboxylic acids is 3. The predicted octanol–water partition coefficient (Wildman–Crippen LogP) is 9.12. The summed E-state index contributed by atoms with van der Waals surface area (Å²) in [6.45, 7) is 3.96. The van der Waals surface area contributed by atoms with Crippen LogP contribution in [0, 0.1) is 0 Å². The van der Waals surface area contributed by atoms with E-state index >= 15 is 0 Å². The highest BCUT2D eigenvalue weighted by Crippen LogP contribution is 2.38. The van der Waals surface area contributed by atoms with Crippen LogP contribution in [0.3, 0.4) is 0 Å². The maximum Gasteiger partial charge on any atom is 0.306 e. The van der Waals surface area contributed by atoms with Crippen LogP contribution in [-0.4, -0.2) is 75.8 Å². The van der Waals surface area contributed by atoms with Gasteiger partial charge in [-0.15, -0.1) is 0 Å². The third-order valence-electron chi connectivity index (χ3n) is 8.11. The van der Waals surface area contributed by atoms with Gasteiger partial charge in [-0.05, 0) is 57.4 Å². The van der Waals surface area contributed by atoms with Crippen molar-refractivity contribution < 1.29 is 46.8 Å². The number of phosphoric acid groups is 1. The maximum atomic E-state index is 12.6. The molecule has 0 radical (unpaired) electrons. The van der Waals surface area contributed by atoms with Crippen molar-refractivity contribution in [2.24, 2.45) is 0 Å². The van der Waals surface area contributed by atoms with Gasteiger partial charge in [-0.1, -0.05) is 108 Å². The van der Waals surface area contributed by atoms with Gasteiger partial charge in [-0.3, -0.25) is 18.9 Å². The van der Waals surface area contributed by atoms with Gasteiger partial charge in [0.1, 0.15) is 19.8 Å². The largest absolute Gasteiger partial charge is 0.756 e. The number of likely N-dealkylation sites (N-methyl/N-ethyl adjacent to an activating group) is 1. The van der Waals surface area contributed by atoms with Crippen molar-refractivity contribution in [3.8, 4) is 0 Å². The van der Waals surface area contributed by atoms with E-state index in [-0.39, 0.29) is 31.8 Å². The third kappa shape index (κ3) is 36.1. The lowest BCUT2D eigenvalue weighted by Gasteiger charge is -2.28. The Kier molecular flexibility index (Phi) is 31.2. The molecule has 0 spiro atoms. The second-order valence-corrected chi connectivity index (χ2v) is 15.7. The number of hydrogen-bond acceptors (Lipinski definition) is 9. The van der Waals surface area contributed by atoms with Gasteiger partial charge in [0.05, 0.1) is 27.7 Å². The highest BCUT2D eigenvalue weighted by molar-refractivity contribution is 7.45. The summed E-state index contributed by atoms with van der Waals surface area (Å²) in [5.41, 5.74) is 0. The summed E-state index contributed by atoms with van der Waals surface area (Å²) in [5, 5.41) is 0. The van der Waals surface area contributed by atoms with E-state index in [4.69, 9.17) is 18.5 Å². The standard InChI is InChI=1S/C40H72NO9P/c1-6-8-10-12-14-15-16-17-19-23-27-31-39(43)47-35-38(36-49-51(45,46)48-34-33-41(3,4)5)50-40(44)32-28-24-20-22-26-30-37(42)29-25-21-18-13-11-9-7-2/h12,14,18,21,25,29,38H,6-11,13,15-17,19-20,22-24,26-28,30-36H2,1-5H3/b14-12-,21-18-,29-25+/t38-/m1/s1.